The lowest BCUT2D eigenvalue weighted by Gasteiger charge is -2.43. The summed E-state index contributed by atoms with van der Waals surface area (Å²) in [7, 11) is -3.21. The molecule has 1 spiro atoms. The van der Waals surface area contributed by atoms with Gasteiger partial charge in [0.05, 0.1) is 10.8 Å². The van der Waals surface area contributed by atoms with Crippen molar-refractivity contribution in [3.05, 3.63) is 29.8 Å². The highest BCUT2D eigenvalue weighted by Crippen LogP contribution is 2.44. The molecule has 3 rings (SSSR count). The number of hydrogen-bond donors (Lipinski definition) is 1. The Kier molecular flexibility index (Phi) is 5.72. The van der Waals surface area contributed by atoms with Gasteiger partial charge in [0.2, 0.25) is 5.91 Å². The Bertz CT molecular complexity index is 726. The van der Waals surface area contributed by atoms with Gasteiger partial charge in [-0.05, 0) is 68.6 Å². The molecule has 0 radical (unpaired) electrons. The number of carbonyl (C=O) groups excluding carboxylic acids is 1. The SMILES string of the molecule is CC(C(=O)NC1CCC2(CCOCC2)CC1)c1ccc(S(C)(=O)=O)cc1. The van der Waals surface area contributed by atoms with Crippen LogP contribution in [0, 0.1) is 5.41 Å². The minimum Gasteiger partial charge on any atom is -0.381 e. The Morgan fingerprint density at radius 1 is 1.12 bits per heavy atom. The van der Waals surface area contributed by atoms with Gasteiger partial charge in [0.15, 0.2) is 9.84 Å². The molecule has 1 amide bonds. The molecule has 2 aliphatic rings. The second-order valence-electron chi connectivity index (χ2n) is 7.96. The number of hydrogen-bond acceptors (Lipinski definition) is 4. The third kappa shape index (κ3) is 4.46. The van der Waals surface area contributed by atoms with Gasteiger partial charge in [0, 0.05) is 25.5 Å². The van der Waals surface area contributed by atoms with Gasteiger partial charge in [-0.1, -0.05) is 12.1 Å². The summed E-state index contributed by atoms with van der Waals surface area (Å²) in [6.07, 6.45) is 7.88. The molecular weight excluding hydrogens is 350 g/mol. The van der Waals surface area contributed by atoms with Crippen molar-refractivity contribution in [3.63, 3.8) is 0 Å². The minimum absolute atomic E-state index is 0.0185. The van der Waals surface area contributed by atoms with Gasteiger partial charge in [-0.25, -0.2) is 8.42 Å². The fourth-order valence-electron chi connectivity index (χ4n) is 4.16. The van der Waals surface area contributed by atoms with E-state index in [-0.39, 0.29) is 22.8 Å². The van der Waals surface area contributed by atoms with E-state index in [1.165, 1.54) is 19.1 Å². The highest BCUT2D eigenvalue weighted by molar-refractivity contribution is 7.90. The average molecular weight is 380 g/mol. The van der Waals surface area contributed by atoms with E-state index < -0.39 is 9.84 Å². The molecule has 26 heavy (non-hydrogen) atoms. The van der Waals surface area contributed by atoms with E-state index >= 15 is 0 Å². The van der Waals surface area contributed by atoms with Gasteiger partial charge in [-0.15, -0.1) is 0 Å². The fourth-order valence-corrected chi connectivity index (χ4v) is 4.79. The molecule has 1 atom stereocenters. The molecule has 1 N–H and O–H groups in total. The van der Waals surface area contributed by atoms with Crippen molar-refractivity contribution in [2.24, 2.45) is 5.41 Å². The summed E-state index contributed by atoms with van der Waals surface area (Å²) in [6.45, 7) is 3.61. The minimum atomic E-state index is -3.21. The van der Waals surface area contributed by atoms with E-state index in [0.717, 1.165) is 44.5 Å². The Hall–Kier alpha value is -1.40. The summed E-state index contributed by atoms with van der Waals surface area (Å²) in [5, 5.41) is 3.20. The molecule has 0 aromatic heterocycles. The molecule has 6 heteroatoms. The van der Waals surface area contributed by atoms with Crippen LogP contribution in [-0.2, 0) is 19.4 Å². The first-order valence-electron chi connectivity index (χ1n) is 9.47. The van der Waals surface area contributed by atoms with Gasteiger partial charge in [-0.3, -0.25) is 4.79 Å². The van der Waals surface area contributed by atoms with Crippen LogP contribution in [0.1, 0.15) is 56.9 Å². The molecule has 1 aliphatic carbocycles. The maximum atomic E-state index is 12.6. The first-order valence-corrected chi connectivity index (χ1v) is 11.4. The number of ether oxygens (including phenoxy) is 1. The van der Waals surface area contributed by atoms with Crippen LogP contribution in [-0.4, -0.2) is 39.8 Å². The quantitative estimate of drug-likeness (QED) is 0.873. The van der Waals surface area contributed by atoms with Crippen LogP contribution in [0.2, 0.25) is 0 Å². The third-order valence-electron chi connectivity index (χ3n) is 6.15. The summed E-state index contributed by atoms with van der Waals surface area (Å²) in [4.78, 5) is 12.9. The van der Waals surface area contributed by atoms with Gasteiger partial charge >= 0.3 is 0 Å². The Balaban J connectivity index is 1.55. The van der Waals surface area contributed by atoms with Gasteiger partial charge < -0.3 is 10.1 Å². The molecule has 1 unspecified atom stereocenters. The van der Waals surface area contributed by atoms with Crippen LogP contribution < -0.4 is 5.32 Å². The van der Waals surface area contributed by atoms with Crippen LogP contribution in [0.3, 0.4) is 0 Å². The molecule has 144 valence electrons. The number of benzene rings is 1. The zero-order chi connectivity index (χ0) is 18.8. The molecule has 1 saturated carbocycles. The maximum Gasteiger partial charge on any atom is 0.227 e. The molecule has 5 nitrogen and oxygen atoms in total. The standard InChI is InChI=1S/C20H29NO4S/c1-15(16-3-5-18(6-4-16)26(2,23)24)19(22)21-17-7-9-20(10-8-17)11-13-25-14-12-20/h3-6,15,17H,7-14H2,1-2H3,(H,21,22). The van der Waals surface area contributed by atoms with Crippen molar-refractivity contribution in [2.75, 3.05) is 19.5 Å². The van der Waals surface area contributed by atoms with Gasteiger partial charge in [-0.2, -0.15) is 0 Å². The van der Waals surface area contributed by atoms with Crippen LogP contribution in [0.4, 0.5) is 0 Å². The third-order valence-corrected chi connectivity index (χ3v) is 7.28. The maximum absolute atomic E-state index is 12.6. The van der Waals surface area contributed by atoms with Crippen molar-refractivity contribution in [3.8, 4) is 0 Å². The van der Waals surface area contributed by atoms with Crippen LogP contribution in [0.15, 0.2) is 29.2 Å². The molecule has 2 fully saturated rings. The van der Waals surface area contributed by atoms with E-state index in [0.29, 0.717) is 5.41 Å². The van der Waals surface area contributed by atoms with Crippen LogP contribution >= 0.6 is 0 Å². The second-order valence-corrected chi connectivity index (χ2v) is 9.97. The highest BCUT2D eigenvalue weighted by Gasteiger charge is 2.37. The zero-order valence-corrected chi connectivity index (χ0v) is 16.5. The Morgan fingerprint density at radius 2 is 1.69 bits per heavy atom. The lowest BCUT2D eigenvalue weighted by atomic mass is 9.68. The lowest BCUT2D eigenvalue weighted by molar-refractivity contribution is -0.123. The van der Waals surface area contributed by atoms with Gasteiger partial charge in [0.1, 0.15) is 0 Å². The predicted molar refractivity (Wildman–Crippen MR) is 101 cm³/mol. The topological polar surface area (TPSA) is 72.5 Å². The summed E-state index contributed by atoms with van der Waals surface area (Å²) in [5.74, 6) is -0.271. The van der Waals surface area contributed by atoms with Crippen molar-refractivity contribution in [1.82, 2.24) is 5.32 Å². The van der Waals surface area contributed by atoms with Crippen LogP contribution in [0.25, 0.3) is 0 Å². The van der Waals surface area contributed by atoms with Crippen molar-refractivity contribution in [1.29, 1.82) is 0 Å². The molecular formula is C20H29NO4S. The lowest BCUT2D eigenvalue weighted by Crippen LogP contribution is -2.43. The molecule has 1 aromatic carbocycles. The first kappa shape index (κ1) is 19.4. The van der Waals surface area contributed by atoms with E-state index in [9.17, 15) is 13.2 Å². The summed E-state index contributed by atoms with van der Waals surface area (Å²) >= 11 is 0. The van der Waals surface area contributed by atoms with Crippen molar-refractivity contribution >= 4 is 15.7 Å². The first-order chi connectivity index (χ1) is 12.3. The Morgan fingerprint density at radius 3 is 2.23 bits per heavy atom. The second kappa shape index (κ2) is 7.69. The smallest absolute Gasteiger partial charge is 0.227 e. The van der Waals surface area contributed by atoms with E-state index in [2.05, 4.69) is 5.32 Å². The van der Waals surface area contributed by atoms with E-state index in [1.807, 2.05) is 6.92 Å². The van der Waals surface area contributed by atoms with Gasteiger partial charge in [0.25, 0.3) is 0 Å². The monoisotopic (exact) mass is 379 g/mol. The Labute approximate surface area is 156 Å². The zero-order valence-electron chi connectivity index (χ0n) is 15.7. The molecule has 1 heterocycles. The highest BCUT2D eigenvalue weighted by atomic mass is 32.2. The largest absolute Gasteiger partial charge is 0.381 e. The number of rotatable bonds is 4. The van der Waals surface area contributed by atoms with Crippen molar-refractivity contribution < 1.29 is 17.9 Å². The van der Waals surface area contributed by atoms with Crippen LogP contribution in [0.5, 0.6) is 0 Å². The fraction of sp³-hybridized carbons (Fsp3) is 0.650. The number of carbonyl (C=O) groups is 1. The summed E-state index contributed by atoms with van der Waals surface area (Å²) in [6, 6.07) is 6.86. The molecule has 1 aromatic rings. The number of sulfone groups is 1. The summed E-state index contributed by atoms with van der Waals surface area (Å²) in [5.41, 5.74) is 1.28. The number of amides is 1. The van der Waals surface area contributed by atoms with E-state index in [4.69, 9.17) is 4.74 Å². The molecule has 1 aliphatic heterocycles. The predicted octanol–water partition coefficient (Wildman–Crippen LogP) is 3.05. The van der Waals surface area contributed by atoms with E-state index in [1.54, 1.807) is 24.3 Å². The molecule has 1 saturated heterocycles. The average Bonchev–Trinajstić information content (AvgIpc) is 2.63. The summed E-state index contributed by atoms with van der Waals surface area (Å²) < 4.78 is 28.6. The normalized spacial score (nSPS) is 22.1. The van der Waals surface area contributed by atoms with Crippen molar-refractivity contribution in [2.45, 2.75) is 62.3 Å². The molecule has 0 bridgehead atoms. The number of nitrogens with one attached hydrogen (secondary N) is 1.